The largest absolute Gasteiger partial charge is 0.468 e. The number of benzene rings is 1. The normalized spacial score (nSPS) is 10.6. The summed E-state index contributed by atoms with van der Waals surface area (Å²) in [7, 11) is 1.29. The molecule has 0 spiro atoms. The van der Waals surface area contributed by atoms with Crippen LogP contribution in [0.15, 0.2) is 12.1 Å². The number of carbonyl (C=O) groups is 1. The molecular formula is C13H15N3O4S. The third-order valence-corrected chi connectivity index (χ3v) is 3.99. The fourth-order valence-corrected chi connectivity index (χ4v) is 2.90. The molecule has 0 saturated heterocycles. The van der Waals surface area contributed by atoms with Crippen LogP contribution in [0.25, 0.3) is 10.2 Å². The lowest BCUT2D eigenvalue weighted by atomic mass is 10.2. The van der Waals surface area contributed by atoms with Crippen LogP contribution in [0, 0.1) is 17.0 Å². The summed E-state index contributed by atoms with van der Waals surface area (Å²) in [5, 5.41) is 12.1. The first-order valence-electron chi connectivity index (χ1n) is 6.33. The average molecular weight is 309 g/mol. The molecule has 112 valence electrons. The molecule has 1 aromatic heterocycles. The smallest absolute Gasteiger partial charge is 0.325 e. The number of nitro groups is 1. The Labute approximate surface area is 125 Å². The minimum atomic E-state index is -0.444. The minimum absolute atomic E-state index is 0.0306. The van der Waals surface area contributed by atoms with Gasteiger partial charge >= 0.3 is 5.97 Å². The molecule has 0 unspecified atom stereocenters. The van der Waals surface area contributed by atoms with E-state index in [-0.39, 0.29) is 12.2 Å². The number of thiazole rings is 1. The van der Waals surface area contributed by atoms with Gasteiger partial charge in [0.25, 0.3) is 5.69 Å². The fourth-order valence-electron chi connectivity index (χ4n) is 2.05. The molecule has 0 aliphatic carbocycles. The van der Waals surface area contributed by atoms with E-state index in [2.05, 4.69) is 9.72 Å². The summed E-state index contributed by atoms with van der Waals surface area (Å²) in [5.74, 6) is -0.444. The highest BCUT2D eigenvalue weighted by molar-refractivity contribution is 7.18. The Balaban J connectivity index is 2.55. The van der Waals surface area contributed by atoms with Crippen molar-refractivity contribution in [3.8, 4) is 0 Å². The molecule has 8 heteroatoms. The lowest BCUT2D eigenvalue weighted by Gasteiger charge is -2.21. The number of anilines is 1. The summed E-state index contributed by atoms with van der Waals surface area (Å²) >= 11 is 1.40. The zero-order chi connectivity index (χ0) is 15.6. The highest BCUT2D eigenvalue weighted by Gasteiger charge is 2.23. The van der Waals surface area contributed by atoms with Crippen molar-refractivity contribution in [2.45, 2.75) is 13.8 Å². The van der Waals surface area contributed by atoms with Gasteiger partial charge in [-0.05, 0) is 19.9 Å². The maximum absolute atomic E-state index is 11.5. The first-order chi connectivity index (χ1) is 9.96. The van der Waals surface area contributed by atoms with Gasteiger partial charge in [0.2, 0.25) is 0 Å². The molecule has 2 aromatic rings. The second-order valence-corrected chi connectivity index (χ2v) is 5.62. The standard InChI is InChI=1S/C13H15N3O4S/c1-4-15(7-13(17)20-3)10-5-9-12(21-8(2)14-9)6-11(10)16(18)19/h5-6H,4,7H2,1-3H3. The summed E-state index contributed by atoms with van der Waals surface area (Å²) in [6.07, 6.45) is 0. The molecule has 0 N–H and O–H groups in total. The van der Waals surface area contributed by atoms with E-state index in [4.69, 9.17) is 0 Å². The molecule has 21 heavy (non-hydrogen) atoms. The van der Waals surface area contributed by atoms with Gasteiger partial charge in [-0.2, -0.15) is 0 Å². The van der Waals surface area contributed by atoms with E-state index in [1.54, 1.807) is 11.0 Å². The van der Waals surface area contributed by atoms with Gasteiger partial charge in [0.15, 0.2) is 0 Å². The number of ether oxygens (including phenoxy) is 1. The van der Waals surface area contributed by atoms with Crippen molar-refractivity contribution in [2.75, 3.05) is 25.1 Å². The maximum atomic E-state index is 11.5. The molecule has 1 heterocycles. The lowest BCUT2D eigenvalue weighted by molar-refractivity contribution is -0.384. The van der Waals surface area contributed by atoms with E-state index in [0.717, 1.165) is 9.71 Å². The van der Waals surface area contributed by atoms with Gasteiger partial charge in [-0.3, -0.25) is 14.9 Å². The first-order valence-corrected chi connectivity index (χ1v) is 7.15. The third kappa shape index (κ3) is 3.10. The van der Waals surface area contributed by atoms with Crippen LogP contribution in [0.1, 0.15) is 11.9 Å². The zero-order valence-electron chi connectivity index (χ0n) is 12.0. The zero-order valence-corrected chi connectivity index (χ0v) is 12.8. The van der Waals surface area contributed by atoms with Gasteiger partial charge in [0.1, 0.15) is 12.2 Å². The number of aromatic nitrogens is 1. The topological polar surface area (TPSA) is 85.6 Å². The van der Waals surface area contributed by atoms with Crippen molar-refractivity contribution in [1.82, 2.24) is 4.98 Å². The summed E-state index contributed by atoms with van der Waals surface area (Å²) in [4.78, 5) is 28.3. The maximum Gasteiger partial charge on any atom is 0.325 e. The van der Waals surface area contributed by atoms with Crippen molar-refractivity contribution in [3.05, 3.63) is 27.3 Å². The Morgan fingerprint density at radius 2 is 2.24 bits per heavy atom. The number of aryl methyl sites for hydroxylation is 1. The molecule has 0 aliphatic heterocycles. The minimum Gasteiger partial charge on any atom is -0.468 e. The van der Waals surface area contributed by atoms with Crippen LogP contribution in [0.5, 0.6) is 0 Å². The number of hydrogen-bond acceptors (Lipinski definition) is 7. The van der Waals surface area contributed by atoms with Crippen LogP contribution in [0.2, 0.25) is 0 Å². The first kappa shape index (κ1) is 15.2. The number of fused-ring (bicyclic) bond motifs is 1. The Morgan fingerprint density at radius 1 is 1.52 bits per heavy atom. The molecule has 2 rings (SSSR count). The summed E-state index contributed by atoms with van der Waals surface area (Å²) in [6.45, 7) is 4.08. The molecule has 0 fully saturated rings. The van der Waals surface area contributed by atoms with E-state index in [9.17, 15) is 14.9 Å². The van der Waals surface area contributed by atoms with Gasteiger partial charge in [0, 0.05) is 12.6 Å². The fraction of sp³-hybridized carbons (Fsp3) is 0.385. The van der Waals surface area contributed by atoms with E-state index >= 15 is 0 Å². The highest BCUT2D eigenvalue weighted by Crippen LogP contribution is 2.35. The number of nitrogens with zero attached hydrogens (tertiary/aromatic N) is 3. The van der Waals surface area contributed by atoms with Crippen LogP contribution in [0.3, 0.4) is 0 Å². The van der Waals surface area contributed by atoms with E-state index in [0.29, 0.717) is 17.7 Å². The van der Waals surface area contributed by atoms with Gasteiger partial charge < -0.3 is 9.64 Å². The molecule has 0 saturated carbocycles. The number of esters is 1. The monoisotopic (exact) mass is 309 g/mol. The third-order valence-electron chi connectivity index (χ3n) is 3.06. The van der Waals surface area contributed by atoms with Crippen LogP contribution < -0.4 is 4.90 Å². The number of hydrogen-bond donors (Lipinski definition) is 0. The second kappa shape index (κ2) is 6.04. The number of rotatable bonds is 5. The van der Waals surface area contributed by atoms with Crippen LogP contribution in [-0.4, -0.2) is 36.1 Å². The predicted octanol–water partition coefficient (Wildman–Crippen LogP) is 2.51. The summed E-state index contributed by atoms with van der Waals surface area (Å²) in [6, 6.07) is 3.17. The molecule has 1 aromatic carbocycles. The molecule has 0 amide bonds. The van der Waals surface area contributed by atoms with E-state index in [1.165, 1.54) is 24.5 Å². The SMILES string of the molecule is CCN(CC(=O)OC)c1cc2nc(C)sc2cc1[N+](=O)[O-]. The molecular weight excluding hydrogens is 294 g/mol. The van der Waals surface area contributed by atoms with Gasteiger partial charge in [0.05, 0.1) is 27.3 Å². The average Bonchev–Trinajstić information content (AvgIpc) is 2.81. The van der Waals surface area contributed by atoms with Crippen LogP contribution in [-0.2, 0) is 9.53 Å². The van der Waals surface area contributed by atoms with E-state index in [1.807, 2.05) is 13.8 Å². The molecule has 7 nitrogen and oxygen atoms in total. The summed E-state index contributed by atoms with van der Waals surface area (Å²) in [5.41, 5.74) is 1.05. The van der Waals surface area contributed by atoms with Crippen LogP contribution in [0.4, 0.5) is 11.4 Å². The Hall–Kier alpha value is -2.22. The van der Waals surface area contributed by atoms with Gasteiger partial charge in [-0.1, -0.05) is 0 Å². The number of carbonyl (C=O) groups excluding carboxylic acids is 1. The van der Waals surface area contributed by atoms with Gasteiger partial charge in [-0.15, -0.1) is 11.3 Å². The second-order valence-electron chi connectivity index (χ2n) is 4.39. The molecule has 0 aliphatic rings. The highest BCUT2D eigenvalue weighted by atomic mass is 32.1. The predicted molar refractivity (Wildman–Crippen MR) is 80.9 cm³/mol. The van der Waals surface area contributed by atoms with Crippen molar-refractivity contribution in [1.29, 1.82) is 0 Å². The summed E-state index contributed by atoms with van der Waals surface area (Å²) < 4.78 is 5.39. The Morgan fingerprint density at radius 3 is 2.81 bits per heavy atom. The Kier molecular flexibility index (Phi) is 4.37. The quantitative estimate of drug-likeness (QED) is 0.479. The Bertz CT molecular complexity index is 698. The van der Waals surface area contributed by atoms with E-state index < -0.39 is 10.9 Å². The molecule has 0 bridgehead atoms. The van der Waals surface area contributed by atoms with Crippen molar-refractivity contribution in [3.63, 3.8) is 0 Å². The molecule has 0 atom stereocenters. The van der Waals surface area contributed by atoms with Crippen molar-refractivity contribution >= 4 is 38.9 Å². The molecule has 0 radical (unpaired) electrons. The number of likely N-dealkylation sites (N-methyl/N-ethyl adjacent to an activating group) is 1. The number of methoxy groups -OCH3 is 1. The lowest BCUT2D eigenvalue weighted by Crippen LogP contribution is -2.30. The number of nitro benzene ring substituents is 1. The van der Waals surface area contributed by atoms with Gasteiger partial charge in [-0.25, -0.2) is 4.98 Å². The van der Waals surface area contributed by atoms with Crippen LogP contribution >= 0.6 is 11.3 Å². The van der Waals surface area contributed by atoms with Crippen molar-refractivity contribution in [2.24, 2.45) is 0 Å². The van der Waals surface area contributed by atoms with Crippen molar-refractivity contribution < 1.29 is 14.5 Å².